The van der Waals surface area contributed by atoms with Gasteiger partial charge in [0.2, 0.25) is 5.91 Å². The van der Waals surface area contributed by atoms with Gasteiger partial charge in [-0.3, -0.25) is 4.79 Å². The van der Waals surface area contributed by atoms with Crippen molar-refractivity contribution in [3.05, 3.63) is 47.8 Å². The molecule has 2 N–H and O–H groups in total. The first-order chi connectivity index (χ1) is 9.84. The highest BCUT2D eigenvalue weighted by atomic mass is 19.1. The Kier molecular flexibility index (Phi) is 6.52. The maximum absolute atomic E-state index is 12.9. The Labute approximate surface area is 125 Å². The molecule has 1 rings (SSSR count). The monoisotopic (exact) mass is 294 g/mol. The summed E-state index contributed by atoms with van der Waals surface area (Å²) < 4.78 is 12.9. The van der Waals surface area contributed by atoms with Crippen LogP contribution in [0, 0.1) is 5.82 Å². The van der Waals surface area contributed by atoms with E-state index in [9.17, 15) is 14.3 Å². The molecule has 116 valence electrons. The van der Waals surface area contributed by atoms with Crippen LogP contribution in [0.4, 0.5) is 4.39 Å². The first-order valence-electron chi connectivity index (χ1n) is 6.83. The average Bonchev–Trinajstić information content (AvgIpc) is 2.41. The van der Waals surface area contributed by atoms with E-state index in [1.165, 1.54) is 18.2 Å². The van der Waals surface area contributed by atoms with Crippen LogP contribution in [0.3, 0.4) is 0 Å². The van der Waals surface area contributed by atoms with Crippen LogP contribution >= 0.6 is 0 Å². The Bertz CT molecular complexity index is 486. The first kappa shape index (κ1) is 17.3. The normalized spacial score (nSPS) is 14.4. The van der Waals surface area contributed by atoms with Gasteiger partial charge < -0.3 is 15.3 Å². The predicted molar refractivity (Wildman–Crippen MR) is 81.4 cm³/mol. The predicted octanol–water partition coefficient (Wildman–Crippen LogP) is 1.35. The molecular formula is C16H23FN2O2. The molecule has 0 saturated carbocycles. The molecule has 5 heteroatoms. The third-order valence-corrected chi connectivity index (χ3v) is 3.02. The maximum atomic E-state index is 12.9. The minimum atomic E-state index is -0.780. The molecule has 21 heavy (non-hydrogen) atoms. The van der Waals surface area contributed by atoms with Gasteiger partial charge >= 0.3 is 0 Å². The van der Waals surface area contributed by atoms with Gasteiger partial charge in [0.05, 0.1) is 12.1 Å². The molecule has 1 atom stereocenters. The Hall–Kier alpha value is -1.72. The molecular weight excluding hydrogens is 271 g/mol. The van der Waals surface area contributed by atoms with Crippen molar-refractivity contribution in [3.63, 3.8) is 0 Å². The number of benzene rings is 1. The zero-order chi connectivity index (χ0) is 15.9. The summed E-state index contributed by atoms with van der Waals surface area (Å²) in [6, 6.07) is 6.03. The largest absolute Gasteiger partial charge is 0.394 e. The number of carbonyl (C=O) groups is 1. The molecule has 0 aliphatic heterocycles. The second-order valence-corrected chi connectivity index (χ2v) is 5.68. The van der Waals surface area contributed by atoms with Gasteiger partial charge in [-0.1, -0.05) is 18.2 Å². The number of halogens is 1. The zero-order valence-corrected chi connectivity index (χ0v) is 12.8. The molecule has 1 aromatic carbocycles. The number of hydrogen-bond donors (Lipinski definition) is 2. The van der Waals surface area contributed by atoms with Gasteiger partial charge in [-0.25, -0.2) is 4.39 Å². The lowest BCUT2D eigenvalue weighted by molar-refractivity contribution is -0.118. The summed E-state index contributed by atoms with van der Waals surface area (Å²) in [5.74, 6) is -0.560. The number of carbonyl (C=O) groups excluding carboxylic acids is 1. The Morgan fingerprint density at radius 2 is 2.00 bits per heavy atom. The van der Waals surface area contributed by atoms with Crippen LogP contribution in [-0.4, -0.2) is 48.7 Å². The fourth-order valence-electron chi connectivity index (χ4n) is 1.90. The van der Waals surface area contributed by atoms with E-state index < -0.39 is 5.54 Å². The zero-order valence-electron chi connectivity index (χ0n) is 12.8. The molecule has 0 aliphatic carbocycles. The van der Waals surface area contributed by atoms with Crippen LogP contribution in [0.1, 0.15) is 12.5 Å². The summed E-state index contributed by atoms with van der Waals surface area (Å²) in [7, 11) is 3.82. The number of aliphatic hydroxyl groups is 1. The Morgan fingerprint density at radius 1 is 1.38 bits per heavy atom. The van der Waals surface area contributed by atoms with Crippen molar-refractivity contribution in [1.29, 1.82) is 0 Å². The van der Waals surface area contributed by atoms with E-state index in [1.54, 1.807) is 25.1 Å². The van der Waals surface area contributed by atoms with E-state index in [0.717, 1.165) is 5.56 Å². The Balaban J connectivity index is 2.64. The molecule has 0 fully saturated rings. The van der Waals surface area contributed by atoms with Crippen LogP contribution < -0.4 is 5.32 Å². The van der Waals surface area contributed by atoms with Crippen molar-refractivity contribution in [2.24, 2.45) is 0 Å². The number of likely N-dealkylation sites (N-methyl/N-ethyl adjacent to an activating group) is 1. The summed E-state index contributed by atoms with van der Waals surface area (Å²) in [4.78, 5) is 13.8. The molecule has 1 amide bonds. The highest BCUT2D eigenvalue weighted by Crippen LogP contribution is 2.13. The minimum Gasteiger partial charge on any atom is -0.394 e. The molecule has 0 saturated heterocycles. The van der Waals surface area contributed by atoms with E-state index in [0.29, 0.717) is 13.0 Å². The molecule has 0 spiro atoms. The number of nitrogens with zero attached hydrogens (tertiary/aromatic N) is 1. The van der Waals surface area contributed by atoms with Gasteiger partial charge in [0.25, 0.3) is 0 Å². The van der Waals surface area contributed by atoms with Crippen LogP contribution in [0.15, 0.2) is 36.4 Å². The van der Waals surface area contributed by atoms with Crippen LogP contribution in [0.2, 0.25) is 0 Å². The van der Waals surface area contributed by atoms with Crippen molar-refractivity contribution in [3.8, 4) is 0 Å². The number of aliphatic hydroxyl groups excluding tert-OH is 1. The maximum Gasteiger partial charge on any atom is 0.244 e. The molecule has 0 aromatic heterocycles. The first-order valence-corrected chi connectivity index (χ1v) is 6.83. The quantitative estimate of drug-likeness (QED) is 0.747. The van der Waals surface area contributed by atoms with Crippen molar-refractivity contribution in [2.45, 2.75) is 18.9 Å². The van der Waals surface area contributed by atoms with Gasteiger partial charge in [0, 0.05) is 12.6 Å². The van der Waals surface area contributed by atoms with E-state index in [4.69, 9.17) is 0 Å². The summed E-state index contributed by atoms with van der Waals surface area (Å²) in [6.45, 7) is 2.23. The van der Waals surface area contributed by atoms with Gasteiger partial charge in [-0.05, 0) is 45.1 Å². The van der Waals surface area contributed by atoms with Crippen molar-refractivity contribution in [1.82, 2.24) is 10.2 Å². The summed E-state index contributed by atoms with van der Waals surface area (Å²) >= 11 is 0. The topological polar surface area (TPSA) is 52.6 Å². The number of hydrogen-bond acceptors (Lipinski definition) is 3. The second-order valence-electron chi connectivity index (χ2n) is 5.68. The van der Waals surface area contributed by atoms with Crippen LogP contribution in [0.5, 0.6) is 0 Å². The standard InChI is InChI=1S/C16H23FN2O2/c1-16(12-20,11-13-6-8-14(17)9-7-13)18-15(21)5-4-10-19(2)3/h4-9,20H,10-12H2,1-3H3,(H,18,21)/b5-4+. The second kappa shape index (κ2) is 7.90. The van der Waals surface area contributed by atoms with Gasteiger partial charge in [0.1, 0.15) is 5.82 Å². The van der Waals surface area contributed by atoms with Crippen LogP contribution in [0.25, 0.3) is 0 Å². The van der Waals surface area contributed by atoms with Gasteiger partial charge in [-0.2, -0.15) is 0 Å². The SMILES string of the molecule is CN(C)C/C=C/C(=O)NC(C)(CO)Cc1ccc(F)cc1. The lowest BCUT2D eigenvalue weighted by Crippen LogP contribution is -2.50. The number of rotatable bonds is 7. The van der Waals surface area contributed by atoms with Crippen molar-refractivity contribution in [2.75, 3.05) is 27.2 Å². The summed E-state index contributed by atoms with van der Waals surface area (Å²) in [5, 5.41) is 12.3. The third kappa shape index (κ3) is 6.51. The van der Waals surface area contributed by atoms with E-state index in [2.05, 4.69) is 5.32 Å². The number of amides is 1. The van der Waals surface area contributed by atoms with Gasteiger partial charge in [0.15, 0.2) is 0 Å². The van der Waals surface area contributed by atoms with E-state index in [1.807, 2.05) is 19.0 Å². The van der Waals surface area contributed by atoms with Crippen molar-refractivity contribution < 1.29 is 14.3 Å². The smallest absolute Gasteiger partial charge is 0.244 e. The molecule has 4 nitrogen and oxygen atoms in total. The molecule has 1 aromatic rings. The van der Waals surface area contributed by atoms with E-state index in [-0.39, 0.29) is 18.3 Å². The van der Waals surface area contributed by atoms with Crippen molar-refractivity contribution >= 4 is 5.91 Å². The third-order valence-electron chi connectivity index (χ3n) is 3.02. The minimum absolute atomic E-state index is 0.197. The van der Waals surface area contributed by atoms with E-state index >= 15 is 0 Å². The lowest BCUT2D eigenvalue weighted by Gasteiger charge is -2.28. The molecule has 0 bridgehead atoms. The van der Waals surface area contributed by atoms with Crippen LogP contribution in [-0.2, 0) is 11.2 Å². The highest BCUT2D eigenvalue weighted by Gasteiger charge is 2.25. The summed E-state index contributed by atoms with van der Waals surface area (Å²) in [5.41, 5.74) is 0.0719. The summed E-state index contributed by atoms with van der Waals surface area (Å²) in [6.07, 6.45) is 3.64. The molecule has 0 radical (unpaired) electrons. The fourth-order valence-corrected chi connectivity index (χ4v) is 1.90. The van der Waals surface area contributed by atoms with Gasteiger partial charge in [-0.15, -0.1) is 0 Å². The lowest BCUT2D eigenvalue weighted by atomic mass is 9.93. The average molecular weight is 294 g/mol. The number of nitrogens with one attached hydrogen (secondary N) is 1. The fraction of sp³-hybridized carbons (Fsp3) is 0.438. The molecule has 0 heterocycles. The molecule has 0 aliphatic rings. The Morgan fingerprint density at radius 3 is 2.52 bits per heavy atom. The molecule has 1 unspecified atom stereocenters. The highest BCUT2D eigenvalue weighted by molar-refractivity contribution is 5.88.